The van der Waals surface area contributed by atoms with Crippen molar-refractivity contribution >= 4 is 21.6 Å². The van der Waals surface area contributed by atoms with Gasteiger partial charge in [0.05, 0.1) is 4.90 Å². The standard InChI is InChI=1S/C21H27N3O3S/c1-22(2)19-10-6-17(7-11-19)16-23(3)21(25)18-8-12-20(13-9-18)28(26,27)24-14-4-5-15-24/h6-13H,4-5,14-16H2,1-3H3. The minimum absolute atomic E-state index is 0.137. The number of benzene rings is 2. The quantitative estimate of drug-likeness (QED) is 0.747. The first-order chi connectivity index (χ1) is 13.3. The zero-order chi connectivity index (χ0) is 20.3. The van der Waals surface area contributed by atoms with Crippen LogP contribution in [-0.2, 0) is 16.6 Å². The van der Waals surface area contributed by atoms with Crippen LogP contribution in [0.25, 0.3) is 0 Å². The summed E-state index contributed by atoms with van der Waals surface area (Å²) in [6.45, 7) is 1.62. The van der Waals surface area contributed by atoms with Gasteiger partial charge in [0.1, 0.15) is 0 Å². The summed E-state index contributed by atoms with van der Waals surface area (Å²) in [5, 5.41) is 0. The van der Waals surface area contributed by atoms with E-state index in [4.69, 9.17) is 0 Å². The van der Waals surface area contributed by atoms with E-state index in [0.717, 1.165) is 24.1 Å². The van der Waals surface area contributed by atoms with Crippen LogP contribution in [0.4, 0.5) is 5.69 Å². The molecule has 0 aromatic heterocycles. The molecule has 0 aliphatic carbocycles. The highest BCUT2D eigenvalue weighted by Crippen LogP contribution is 2.21. The first kappa shape index (κ1) is 20.4. The predicted octanol–water partition coefficient (Wildman–Crippen LogP) is 2.81. The van der Waals surface area contributed by atoms with E-state index in [1.165, 1.54) is 16.4 Å². The highest BCUT2D eigenvalue weighted by Gasteiger charge is 2.27. The number of hydrogen-bond acceptors (Lipinski definition) is 4. The van der Waals surface area contributed by atoms with E-state index in [2.05, 4.69) is 0 Å². The highest BCUT2D eigenvalue weighted by atomic mass is 32.2. The van der Waals surface area contributed by atoms with Crippen LogP contribution >= 0.6 is 0 Å². The molecule has 0 atom stereocenters. The zero-order valence-corrected chi connectivity index (χ0v) is 17.4. The van der Waals surface area contributed by atoms with Crippen LogP contribution in [0.15, 0.2) is 53.4 Å². The van der Waals surface area contributed by atoms with E-state index < -0.39 is 10.0 Å². The SMILES string of the molecule is CN(Cc1ccc(N(C)C)cc1)C(=O)c1ccc(S(=O)(=O)N2CCCC2)cc1. The van der Waals surface area contributed by atoms with Gasteiger partial charge in [0, 0.05) is 52.0 Å². The number of carbonyl (C=O) groups is 1. The Kier molecular flexibility index (Phi) is 6.05. The summed E-state index contributed by atoms with van der Waals surface area (Å²) in [5.41, 5.74) is 2.62. The van der Waals surface area contributed by atoms with Gasteiger partial charge in [0.2, 0.25) is 10.0 Å². The molecule has 0 spiro atoms. The molecule has 1 amide bonds. The molecule has 1 saturated heterocycles. The van der Waals surface area contributed by atoms with Crippen molar-refractivity contribution < 1.29 is 13.2 Å². The Morgan fingerprint density at radius 3 is 2.04 bits per heavy atom. The number of amides is 1. The fourth-order valence-electron chi connectivity index (χ4n) is 3.31. The predicted molar refractivity (Wildman–Crippen MR) is 111 cm³/mol. The molecule has 1 aliphatic heterocycles. The van der Waals surface area contributed by atoms with E-state index in [-0.39, 0.29) is 10.8 Å². The zero-order valence-electron chi connectivity index (χ0n) is 16.6. The number of sulfonamides is 1. The van der Waals surface area contributed by atoms with Crippen LogP contribution in [-0.4, -0.2) is 57.8 Å². The lowest BCUT2D eigenvalue weighted by Gasteiger charge is -2.19. The van der Waals surface area contributed by atoms with E-state index in [9.17, 15) is 13.2 Å². The molecular weight excluding hydrogens is 374 g/mol. The fraction of sp³-hybridized carbons (Fsp3) is 0.381. The largest absolute Gasteiger partial charge is 0.378 e. The summed E-state index contributed by atoms with van der Waals surface area (Å²) in [5.74, 6) is -0.137. The van der Waals surface area contributed by atoms with Crippen molar-refractivity contribution in [1.82, 2.24) is 9.21 Å². The molecule has 0 saturated carbocycles. The van der Waals surface area contributed by atoms with Gasteiger partial charge in [-0.2, -0.15) is 4.31 Å². The minimum Gasteiger partial charge on any atom is -0.378 e. The molecule has 7 heteroatoms. The van der Waals surface area contributed by atoms with Crippen molar-refractivity contribution in [2.45, 2.75) is 24.3 Å². The monoisotopic (exact) mass is 401 g/mol. The molecule has 2 aromatic carbocycles. The number of anilines is 1. The van der Waals surface area contributed by atoms with Crippen molar-refractivity contribution in [3.8, 4) is 0 Å². The van der Waals surface area contributed by atoms with Crippen molar-refractivity contribution in [3.63, 3.8) is 0 Å². The second-order valence-corrected chi connectivity index (χ2v) is 9.30. The third-order valence-corrected chi connectivity index (χ3v) is 6.94. The number of rotatable bonds is 6. The first-order valence-electron chi connectivity index (χ1n) is 9.41. The summed E-state index contributed by atoms with van der Waals surface area (Å²) in [6.07, 6.45) is 1.80. The fourth-order valence-corrected chi connectivity index (χ4v) is 4.83. The molecule has 28 heavy (non-hydrogen) atoms. The van der Waals surface area contributed by atoms with E-state index >= 15 is 0 Å². The van der Waals surface area contributed by atoms with Gasteiger partial charge in [-0.1, -0.05) is 12.1 Å². The van der Waals surface area contributed by atoms with Crippen LogP contribution in [0.2, 0.25) is 0 Å². The maximum Gasteiger partial charge on any atom is 0.253 e. The molecule has 2 aromatic rings. The molecule has 0 bridgehead atoms. The molecule has 1 heterocycles. The Morgan fingerprint density at radius 2 is 1.50 bits per heavy atom. The molecule has 0 unspecified atom stereocenters. The van der Waals surface area contributed by atoms with Crippen molar-refractivity contribution in [3.05, 3.63) is 59.7 Å². The minimum atomic E-state index is -3.46. The van der Waals surface area contributed by atoms with E-state index in [0.29, 0.717) is 25.2 Å². The Hall–Kier alpha value is -2.38. The smallest absolute Gasteiger partial charge is 0.253 e. The Labute approximate surface area is 167 Å². The van der Waals surface area contributed by atoms with Crippen LogP contribution in [0.1, 0.15) is 28.8 Å². The lowest BCUT2D eigenvalue weighted by molar-refractivity contribution is 0.0785. The second kappa shape index (κ2) is 8.32. The molecule has 1 fully saturated rings. The topological polar surface area (TPSA) is 60.9 Å². The Bertz CT molecular complexity index is 916. The Morgan fingerprint density at radius 1 is 0.929 bits per heavy atom. The summed E-state index contributed by atoms with van der Waals surface area (Å²) < 4.78 is 26.7. The van der Waals surface area contributed by atoms with Gasteiger partial charge >= 0.3 is 0 Å². The van der Waals surface area contributed by atoms with Crippen LogP contribution in [0.3, 0.4) is 0 Å². The van der Waals surface area contributed by atoms with Gasteiger partial charge in [0.15, 0.2) is 0 Å². The average Bonchev–Trinajstić information content (AvgIpc) is 3.23. The van der Waals surface area contributed by atoms with Crippen LogP contribution < -0.4 is 4.90 Å². The normalized spacial score (nSPS) is 14.8. The molecule has 3 rings (SSSR count). The van der Waals surface area contributed by atoms with E-state index in [1.54, 1.807) is 24.1 Å². The lowest BCUT2D eigenvalue weighted by atomic mass is 10.1. The highest BCUT2D eigenvalue weighted by molar-refractivity contribution is 7.89. The summed E-state index contributed by atoms with van der Waals surface area (Å²) in [4.78, 5) is 16.6. The molecule has 150 valence electrons. The van der Waals surface area contributed by atoms with Crippen molar-refractivity contribution in [2.24, 2.45) is 0 Å². The van der Waals surface area contributed by atoms with Crippen LogP contribution in [0, 0.1) is 0 Å². The van der Waals surface area contributed by atoms with Gasteiger partial charge in [0.25, 0.3) is 5.91 Å². The maximum atomic E-state index is 12.7. The summed E-state index contributed by atoms with van der Waals surface area (Å²) in [7, 11) is 2.26. The molecule has 1 aliphatic rings. The number of carbonyl (C=O) groups excluding carboxylic acids is 1. The maximum absolute atomic E-state index is 12.7. The van der Waals surface area contributed by atoms with Crippen molar-refractivity contribution in [1.29, 1.82) is 0 Å². The second-order valence-electron chi connectivity index (χ2n) is 7.36. The van der Waals surface area contributed by atoms with Gasteiger partial charge in [-0.25, -0.2) is 8.42 Å². The lowest BCUT2D eigenvalue weighted by Crippen LogP contribution is -2.28. The van der Waals surface area contributed by atoms with Gasteiger partial charge in [-0.05, 0) is 54.8 Å². The van der Waals surface area contributed by atoms with Crippen molar-refractivity contribution in [2.75, 3.05) is 39.1 Å². The van der Waals surface area contributed by atoms with Gasteiger partial charge < -0.3 is 9.80 Å². The number of nitrogens with zero attached hydrogens (tertiary/aromatic N) is 3. The third-order valence-electron chi connectivity index (χ3n) is 5.02. The number of hydrogen-bond donors (Lipinski definition) is 0. The molecule has 0 N–H and O–H groups in total. The van der Waals surface area contributed by atoms with Gasteiger partial charge in [-0.15, -0.1) is 0 Å². The molecule has 0 radical (unpaired) electrons. The molecular formula is C21H27N3O3S. The van der Waals surface area contributed by atoms with Crippen LogP contribution in [0.5, 0.6) is 0 Å². The first-order valence-corrected chi connectivity index (χ1v) is 10.8. The third kappa shape index (κ3) is 4.36. The summed E-state index contributed by atoms with van der Waals surface area (Å²) in [6, 6.07) is 14.3. The average molecular weight is 402 g/mol. The Balaban J connectivity index is 1.68. The molecule has 6 nitrogen and oxygen atoms in total. The van der Waals surface area contributed by atoms with E-state index in [1.807, 2.05) is 43.3 Å². The van der Waals surface area contributed by atoms with Gasteiger partial charge in [-0.3, -0.25) is 4.79 Å². The summed E-state index contributed by atoms with van der Waals surface area (Å²) >= 11 is 0.